The first-order valence-electron chi connectivity index (χ1n) is 11.3. The zero-order valence-corrected chi connectivity index (χ0v) is 19.8. The first kappa shape index (κ1) is 22.7. The minimum atomic E-state index is -4.44. The van der Waals surface area contributed by atoms with Crippen molar-refractivity contribution in [2.24, 2.45) is 16.7 Å². The lowest BCUT2D eigenvalue weighted by molar-refractivity contribution is -0.161. The van der Waals surface area contributed by atoms with Gasteiger partial charge in [-0.1, -0.05) is 74.5 Å². The predicted molar refractivity (Wildman–Crippen MR) is 125 cm³/mol. The zero-order chi connectivity index (χ0) is 24.3. The molecule has 2 bridgehead atoms. The summed E-state index contributed by atoms with van der Waals surface area (Å²) in [5, 5.41) is 0.329. The standard InChI is InChI=1S/C26H25NO6S/c1-25(2)19-13-14-26(25,20(28)15-19)16-34(31,32)33-27-23(29)21(17-9-5-3-6-10-17)22(24(27)30)18-11-7-4-8-12-18/h3-12,19H,13-16H2,1-2H3. The lowest BCUT2D eigenvalue weighted by atomic mass is 9.70. The Kier molecular flexibility index (Phi) is 5.15. The maximum Gasteiger partial charge on any atom is 0.289 e. The molecule has 2 amide bonds. The Hall–Kier alpha value is -3.10. The lowest BCUT2D eigenvalue weighted by Gasteiger charge is -2.35. The number of amides is 2. The van der Waals surface area contributed by atoms with Crippen molar-refractivity contribution in [3.05, 3.63) is 71.8 Å². The number of hydroxylamine groups is 2. The van der Waals surface area contributed by atoms with Crippen LogP contribution in [0.15, 0.2) is 60.7 Å². The molecule has 0 aromatic heterocycles. The van der Waals surface area contributed by atoms with Gasteiger partial charge in [-0.05, 0) is 35.3 Å². The van der Waals surface area contributed by atoms with E-state index >= 15 is 0 Å². The summed E-state index contributed by atoms with van der Waals surface area (Å²) in [4.78, 5) is 39.5. The molecule has 1 aliphatic heterocycles. The van der Waals surface area contributed by atoms with Crippen molar-refractivity contribution in [3.63, 3.8) is 0 Å². The van der Waals surface area contributed by atoms with Crippen molar-refractivity contribution < 1.29 is 27.1 Å². The van der Waals surface area contributed by atoms with Crippen molar-refractivity contribution in [3.8, 4) is 0 Å². The molecule has 176 valence electrons. The maximum atomic E-state index is 13.4. The predicted octanol–water partition coefficient (Wildman–Crippen LogP) is 3.62. The largest absolute Gasteiger partial charge is 0.299 e. The van der Waals surface area contributed by atoms with E-state index in [1.54, 1.807) is 60.7 Å². The molecular formula is C26H25NO6S. The van der Waals surface area contributed by atoms with Gasteiger partial charge in [0.1, 0.15) is 5.78 Å². The van der Waals surface area contributed by atoms with Crippen LogP contribution in [0.2, 0.25) is 0 Å². The summed E-state index contributed by atoms with van der Waals surface area (Å²) in [7, 11) is -4.44. The van der Waals surface area contributed by atoms with Gasteiger partial charge in [-0.15, -0.1) is 9.35 Å². The first-order chi connectivity index (χ1) is 16.1. The fraction of sp³-hybridized carbons (Fsp3) is 0.346. The van der Waals surface area contributed by atoms with Crippen LogP contribution >= 0.6 is 0 Å². The van der Waals surface area contributed by atoms with E-state index in [4.69, 9.17) is 4.28 Å². The van der Waals surface area contributed by atoms with E-state index in [1.165, 1.54) is 0 Å². The molecule has 2 unspecified atom stereocenters. The number of hydrogen-bond acceptors (Lipinski definition) is 6. The molecule has 2 aliphatic carbocycles. The summed E-state index contributed by atoms with van der Waals surface area (Å²) in [6.45, 7) is 3.83. The Balaban J connectivity index is 1.50. The second kappa shape index (κ2) is 7.71. The third-order valence-corrected chi connectivity index (χ3v) is 9.14. The minimum Gasteiger partial charge on any atom is -0.299 e. The van der Waals surface area contributed by atoms with Crippen LogP contribution in [-0.2, 0) is 28.8 Å². The van der Waals surface area contributed by atoms with Crippen LogP contribution in [0.1, 0.15) is 44.2 Å². The number of ketones is 1. The van der Waals surface area contributed by atoms with Gasteiger partial charge in [-0.2, -0.15) is 8.42 Å². The van der Waals surface area contributed by atoms with Gasteiger partial charge in [0.25, 0.3) is 21.9 Å². The molecule has 3 aliphatic rings. The second-order valence-electron chi connectivity index (χ2n) is 9.83. The van der Waals surface area contributed by atoms with E-state index in [-0.39, 0.29) is 22.8 Å². The molecule has 2 aromatic rings. The highest BCUT2D eigenvalue weighted by Gasteiger charge is 2.65. The van der Waals surface area contributed by atoms with Gasteiger partial charge in [0.05, 0.1) is 22.3 Å². The highest BCUT2D eigenvalue weighted by atomic mass is 32.2. The number of carbonyl (C=O) groups is 3. The van der Waals surface area contributed by atoms with Gasteiger partial charge >= 0.3 is 0 Å². The van der Waals surface area contributed by atoms with Gasteiger partial charge in [-0.25, -0.2) is 0 Å². The smallest absolute Gasteiger partial charge is 0.289 e. The summed E-state index contributed by atoms with van der Waals surface area (Å²) in [6.07, 6.45) is 1.58. The van der Waals surface area contributed by atoms with Crippen LogP contribution in [0.5, 0.6) is 0 Å². The van der Waals surface area contributed by atoms with Crippen molar-refractivity contribution in [2.75, 3.05) is 5.75 Å². The third kappa shape index (κ3) is 3.27. The van der Waals surface area contributed by atoms with E-state index in [0.29, 0.717) is 29.0 Å². The molecule has 1 heterocycles. The molecule has 0 radical (unpaired) electrons. The van der Waals surface area contributed by atoms with Gasteiger partial charge in [-0.3, -0.25) is 14.4 Å². The van der Waals surface area contributed by atoms with Crippen LogP contribution < -0.4 is 0 Å². The van der Waals surface area contributed by atoms with Gasteiger partial charge in [0.15, 0.2) is 0 Å². The average Bonchev–Trinajstić information content (AvgIpc) is 3.27. The van der Waals surface area contributed by atoms with Crippen LogP contribution in [0.3, 0.4) is 0 Å². The number of Topliss-reactive ketones (excluding diaryl/α,β-unsaturated/α-hetero) is 1. The van der Waals surface area contributed by atoms with Gasteiger partial charge < -0.3 is 0 Å². The number of rotatable bonds is 6. The van der Waals surface area contributed by atoms with Crippen molar-refractivity contribution in [2.45, 2.75) is 33.1 Å². The first-order valence-corrected chi connectivity index (χ1v) is 12.8. The molecule has 0 N–H and O–H groups in total. The molecule has 2 fully saturated rings. The van der Waals surface area contributed by atoms with Crippen LogP contribution in [0.25, 0.3) is 11.1 Å². The summed E-state index contributed by atoms with van der Waals surface area (Å²) in [5.74, 6) is -2.22. The van der Waals surface area contributed by atoms with Crippen LogP contribution in [0.4, 0.5) is 0 Å². The Labute approximate surface area is 198 Å². The second-order valence-corrected chi connectivity index (χ2v) is 11.4. The Morgan fingerprint density at radius 2 is 1.38 bits per heavy atom. The molecule has 5 rings (SSSR count). The van der Waals surface area contributed by atoms with Gasteiger partial charge in [0.2, 0.25) is 0 Å². The number of nitrogens with zero attached hydrogens (tertiary/aromatic N) is 1. The third-order valence-electron chi connectivity index (χ3n) is 7.92. The van der Waals surface area contributed by atoms with Crippen LogP contribution in [0, 0.1) is 16.7 Å². The van der Waals surface area contributed by atoms with Gasteiger partial charge in [0, 0.05) is 6.42 Å². The molecule has 2 aromatic carbocycles. The fourth-order valence-electron chi connectivity index (χ4n) is 5.87. The van der Waals surface area contributed by atoms with E-state index in [0.717, 1.165) is 6.42 Å². The highest BCUT2D eigenvalue weighted by molar-refractivity contribution is 7.86. The number of imide groups is 1. The summed E-state index contributed by atoms with van der Waals surface area (Å²) >= 11 is 0. The topological polar surface area (TPSA) is 97.8 Å². The Morgan fingerprint density at radius 1 is 0.882 bits per heavy atom. The number of hydrogen-bond donors (Lipinski definition) is 0. The molecule has 34 heavy (non-hydrogen) atoms. The van der Waals surface area contributed by atoms with E-state index in [2.05, 4.69) is 0 Å². The molecule has 0 saturated heterocycles. The lowest BCUT2D eigenvalue weighted by Crippen LogP contribution is -2.44. The monoisotopic (exact) mass is 479 g/mol. The zero-order valence-electron chi connectivity index (χ0n) is 19.0. The highest BCUT2D eigenvalue weighted by Crippen LogP contribution is 2.64. The van der Waals surface area contributed by atoms with Crippen LogP contribution in [-0.4, -0.2) is 36.8 Å². The van der Waals surface area contributed by atoms with E-state index in [1.807, 2.05) is 13.8 Å². The number of benzene rings is 2. The quantitative estimate of drug-likeness (QED) is 0.587. The molecule has 2 atom stereocenters. The van der Waals surface area contributed by atoms with Crippen molar-refractivity contribution >= 4 is 38.9 Å². The molecule has 8 heteroatoms. The summed E-state index contributed by atoms with van der Waals surface area (Å²) in [6, 6.07) is 17.2. The van der Waals surface area contributed by atoms with E-state index in [9.17, 15) is 22.8 Å². The Bertz CT molecular complexity index is 1270. The van der Waals surface area contributed by atoms with E-state index < -0.39 is 38.5 Å². The fourth-order valence-corrected chi connectivity index (χ4v) is 7.57. The average molecular weight is 480 g/mol. The molecule has 7 nitrogen and oxygen atoms in total. The van der Waals surface area contributed by atoms with Crippen molar-refractivity contribution in [1.29, 1.82) is 0 Å². The SMILES string of the molecule is CC1(C)C2CCC1(CS(=O)(=O)ON1C(=O)C(c3ccccc3)=C(c3ccccc3)C1=O)C(=O)C2. The minimum absolute atomic E-state index is 0.0726. The summed E-state index contributed by atoms with van der Waals surface area (Å²) < 4.78 is 31.6. The molecule has 2 saturated carbocycles. The molecular weight excluding hydrogens is 454 g/mol. The normalized spacial score (nSPS) is 26.1. The Morgan fingerprint density at radius 3 is 1.79 bits per heavy atom. The number of carbonyl (C=O) groups excluding carboxylic acids is 3. The molecule has 0 spiro atoms. The maximum absolute atomic E-state index is 13.4. The summed E-state index contributed by atoms with van der Waals surface area (Å²) in [5.41, 5.74) is -0.463. The number of fused-ring (bicyclic) bond motifs is 2. The van der Waals surface area contributed by atoms with Crippen molar-refractivity contribution in [1.82, 2.24) is 5.06 Å².